The number of hydrogen-bond donors (Lipinski definition) is 1. The first-order valence-electron chi connectivity index (χ1n) is 18.5. The number of anilines is 2. The number of nitriles is 1. The highest BCUT2D eigenvalue weighted by Gasteiger charge is 2.44. The van der Waals surface area contributed by atoms with E-state index in [2.05, 4.69) is 70.4 Å². The average molecular weight is 637 g/mol. The van der Waals surface area contributed by atoms with Crippen molar-refractivity contribution in [1.82, 2.24) is 14.9 Å². The van der Waals surface area contributed by atoms with Gasteiger partial charge < -0.3 is 10.6 Å². The summed E-state index contributed by atoms with van der Waals surface area (Å²) in [6.07, 6.45) is 11.8. The fraction of sp³-hybridized carbons (Fsp3) is 0.718. The third kappa shape index (κ3) is 10.1. The van der Waals surface area contributed by atoms with E-state index in [0.29, 0.717) is 30.1 Å². The number of hydrogen-bond acceptors (Lipinski definition) is 6. The van der Waals surface area contributed by atoms with Crippen molar-refractivity contribution in [3.05, 3.63) is 45.9 Å². The maximum Gasteiger partial charge on any atom is 0.135 e. The summed E-state index contributed by atoms with van der Waals surface area (Å²) in [6, 6.07) is 6.39. The largest absolute Gasteiger partial charge is 0.398 e. The minimum Gasteiger partial charge on any atom is -0.398 e. The van der Waals surface area contributed by atoms with Crippen molar-refractivity contribution in [2.45, 2.75) is 157 Å². The molecule has 7 heteroatoms. The number of alkyl halides is 1. The van der Waals surface area contributed by atoms with Crippen molar-refractivity contribution in [2.75, 3.05) is 36.8 Å². The maximum absolute atomic E-state index is 12.8. The Kier molecular flexibility index (Phi) is 17.0. The van der Waals surface area contributed by atoms with Gasteiger partial charge in [-0.3, -0.25) is 4.90 Å². The molecule has 4 rings (SSSR count). The monoisotopic (exact) mass is 637 g/mol. The molecular formula is C39H65FN6. The third-order valence-electron chi connectivity index (χ3n) is 9.73. The van der Waals surface area contributed by atoms with Crippen LogP contribution in [0, 0.1) is 11.3 Å². The van der Waals surface area contributed by atoms with Crippen LogP contribution in [-0.4, -0.2) is 52.8 Å². The van der Waals surface area contributed by atoms with Gasteiger partial charge in [-0.1, -0.05) is 80.7 Å². The van der Waals surface area contributed by atoms with Crippen molar-refractivity contribution < 1.29 is 4.39 Å². The van der Waals surface area contributed by atoms with Crippen molar-refractivity contribution in [3.63, 3.8) is 0 Å². The molecule has 46 heavy (non-hydrogen) atoms. The number of unbranched alkanes of at least 4 members (excludes halogenated alkanes) is 2. The molecule has 2 aliphatic rings. The molecule has 0 radical (unpaired) electrons. The Hall–Kier alpha value is -2.72. The zero-order valence-corrected chi connectivity index (χ0v) is 30.8. The SMILES string of the molecule is CC.CC12CCCN1CC(F)C2.CCCCCN(CCC)c1nc(CC)nc(Cc2c([C@@H](C)CC)ccc(N)c2C#N)c1CCC. The molecule has 258 valence electrons. The number of nitrogens with two attached hydrogens (primary N) is 1. The maximum atomic E-state index is 12.8. The molecule has 2 aromatic rings. The first kappa shape index (κ1) is 39.5. The second kappa shape index (κ2) is 19.8. The number of nitrogens with zero attached hydrogens (tertiary/aromatic N) is 5. The van der Waals surface area contributed by atoms with Gasteiger partial charge in [0, 0.05) is 49.3 Å². The Morgan fingerprint density at radius 2 is 1.80 bits per heavy atom. The summed E-state index contributed by atoms with van der Waals surface area (Å²) in [4.78, 5) is 14.9. The third-order valence-corrected chi connectivity index (χ3v) is 9.73. The van der Waals surface area contributed by atoms with Crippen molar-refractivity contribution in [2.24, 2.45) is 0 Å². The summed E-state index contributed by atoms with van der Waals surface area (Å²) in [5, 5.41) is 9.99. The molecule has 1 aromatic heterocycles. The first-order valence-corrected chi connectivity index (χ1v) is 18.5. The summed E-state index contributed by atoms with van der Waals surface area (Å²) in [6.45, 7) is 23.3. The highest BCUT2D eigenvalue weighted by atomic mass is 19.1. The summed E-state index contributed by atoms with van der Waals surface area (Å²) >= 11 is 0. The van der Waals surface area contributed by atoms with Crippen LogP contribution in [-0.2, 0) is 19.3 Å². The molecule has 0 aliphatic carbocycles. The number of aromatic nitrogens is 2. The fourth-order valence-corrected chi connectivity index (χ4v) is 7.04. The molecule has 2 unspecified atom stereocenters. The Morgan fingerprint density at radius 3 is 2.39 bits per heavy atom. The van der Waals surface area contributed by atoms with Crippen molar-refractivity contribution in [1.29, 1.82) is 5.26 Å². The van der Waals surface area contributed by atoms with Crippen LogP contribution in [0.1, 0.15) is 160 Å². The van der Waals surface area contributed by atoms with Crippen LogP contribution in [0.5, 0.6) is 0 Å². The van der Waals surface area contributed by atoms with Crippen LogP contribution in [0.2, 0.25) is 0 Å². The van der Waals surface area contributed by atoms with Crippen molar-refractivity contribution in [3.8, 4) is 6.07 Å². The fourth-order valence-electron chi connectivity index (χ4n) is 7.04. The molecule has 0 amide bonds. The molecule has 3 heterocycles. The molecule has 2 aliphatic heterocycles. The predicted octanol–water partition coefficient (Wildman–Crippen LogP) is 9.57. The zero-order chi connectivity index (χ0) is 34.3. The number of fused-ring (bicyclic) bond motifs is 1. The summed E-state index contributed by atoms with van der Waals surface area (Å²) in [5.74, 6) is 2.35. The topological polar surface area (TPSA) is 82.1 Å². The summed E-state index contributed by atoms with van der Waals surface area (Å²) in [5.41, 5.74) is 12.2. The van der Waals surface area contributed by atoms with Gasteiger partial charge in [0.15, 0.2) is 0 Å². The normalized spacial score (nSPS) is 19.4. The lowest BCUT2D eigenvalue weighted by atomic mass is 9.87. The van der Waals surface area contributed by atoms with Crippen molar-refractivity contribution >= 4 is 11.5 Å². The second-order valence-electron chi connectivity index (χ2n) is 13.2. The molecule has 2 saturated heterocycles. The molecule has 0 saturated carbocycles. The van der Waals surface area contributed by atoms with Crippen LogP contribution in [0.25, 0.3) is 0 Å². The molecule has 3 atom stereocenters. The quantitative estimate of drug-likeness (QED) is 0.164. The molecular weight excluding hydrogens is 571 g/mol. The van der Waals surface area contributed by atoms with Gasteiger partial charge in [0.05, 0.1) is 11.3 Å². The molecule has 6 nitrogen and oxygen atoms in total. The highest BCUT2D eigenvalue weighted by Crippen LogP contribution is 2.39. The van der Waals surface area contributed by atoms with E-state index in [0.717, 1.165) is 81.1 Å². The van der Waals surface area contributed by atoms with Gasteiger partial charge in [-0.05, 0) is 81.5 Å². The van der Waals surface area contributed by atoms with E-state index in [1.165, 1.54) is 43.2 Å². The van der Waals surface area contributed by atoms with E-state index in [-0.39, 0.29) is 5.54 Å². The average Bonchev–Trinajstić information content (AvgIpc) is 3.55. The number of benzene rings is 1. The molecule has 1 aromatic carbocycles. The summed E-state index contributed by atoms with van der Waals surface area (Å²) in [7, 11) is 0. The van der Waals surface area contributed by atoms with Crippen LogP contribution in [0.4, 0.5) is 15.9 Å². The lowest BCUT2D eigenvalue weighted by molar-refractivity contribution is 0.217. The van der Waals surface area contributed by atoms with E-state index in [1.807, 2.05) is 19.9 Å². The van der Waals surface area contributed by atoms with Crippen LogP contribution in [0.3, 0.4) is 0 Å². The van der Waals surface area contributed by atoms with Gasteiger partial charge in [-0.15, -0.1) is 0 Å². The predicted molar refractivity (Wildman–Crippen MR) is 195 cm³/mol. The van der Waals surface area contributed by atoms with Gasteiger partial charge in [-0.2, -0.15) is 5.26 Å². The number of rotatable bonds is 14. The number of nitrogen functional groups attached to an aromatic ring is 1. The van der Waals surface area contributed by atoms with E-state index >= 15 is 0 Å². The van der Waals surface area contributed by atoms with Gasteiger partial charge in [0.25, 0.3) is 0 Å². The number of halogens is 1. The minimum atomic E-state index is -0.551. The second-order valence-corrected chi connectivity index (χ2v) is 13.2. The first-order chi connectivity index (χ1) is 22.2. The van der Waals surface area contributed by atoms with Gasteiger partial charge in [0.1, 0.15) is 23.9 Å². The Labute approximate surface area is 281 Å². The molecule has 2 fully saturated rings. The Morgan fingerprint density at radius 1 is 1.07 bits per heavy atom. The van der Waals surface area contributed by atoms with Crippen LogP contribution < -0.4 is 10.6 Å². The van der Waals surface area contributed by atoms with Gasteiger partial charge in [0.2, 0.25) is 0 Å². The van der Waals surface area contributed by atoms with Gasteiger partial charge >= 0.3 is 0 Å². The minimum absolute atomic E-state index is 0.236. The standard InChI is InChI=1S/C29H45N5.C8H14FN.C2H6/c1-7-12-13-18-34(17-9-3)29-23(14-8-2)27(32-28(11-5)33-29)19-24-22(21(6)10-4)15-16-26(31)25(24)20-30;1-8-3-2-4-10(8)6-7(9)5-8;1-2/h15-16,21H,7-14,17-19,31H2,1-6H3;7H,2-6H2,1H3;1-2H3/t21-;;/m0../s1. The van der Waals surface area contributed by atoms with Crippen LogP contribution >= 0.6 is 0 Å². The van der Waals surface area contributed by atoms with E-state index in [9.17, 15) is 9.65 Å². The van der Waals surface area contributed by atoms with E-state index < -0.39 is 6.17 Å². The van der Waals surface area contributed by atoms with E-state index in [1.54, 1.807) is 0 Å². The van der Waals surface area contributed by atoms with E-state index in [4.69, 9.17) is 15.7 Å². The Balaban J connectivity index is 0.000000508. The lowest BCUT2D eigenvalue weighted by Gasteiger charge is -2.28. The lowest BCUT2D eigenvalue weighted by Crippen LogP contribution is -2.34. The summed E-state index contributed by atoms with van der Waals surface area (Å²) < 4.78 is 12.8. The molecule has 0 bridgehead atoms. The van der Waals surface area contributed by atoms with Crippen LogP contribution in [0.15, 0.2) is 12.1 Å². The van der Waals surface area contributed by atoms with Gasteiger partial charge in [-0.25, -0.2) is 14.4 Å². The zero-order valence-electron chi connectivity index (χ0n) is 30.8. The Bertz CT molecular complexity index is 1240. The molecule has 0 spiro atoms. The smallest absolute Gasteiger partial charge is 0.135 e. The molecule has 2 N–H and O–H groups in total. The highest BCUT2D eigenvalue weighted by molar-refractivity contribution is 5.62. The number of aryl methyl sites for hydroxylation is 1.